The zero-order valence-corrected chi connectivity index (χ0v) is 18.8. The van der Waals surface area contributed by atoms with Gasteiger partial charge in [-0.3, -0.25) is 9.59 Å². The third-order valence-electron chi connectivity index (χ3n) is 5.57. The van der Waals surface area contributed by atoms with Gasteiger partial charge in [0.1, 0.15) is 0 Å². The van der Waals surface area contributed by atoms with E-state index in [1.165, 1.54) is 16.4 Å². The zero-order chi connectivity index (χ0) is 22.4. The van der Waals surface area contributed by atoms with Gasteiger partial charge in [0.25, 0.3) is 5.91 Å². The van der Waals surface area contributed by atoms with E-state index in [1.54, 1.807) is 30.9 Å². The summed E-state index contributed by atoms with van der Waals surface area (Å²) in [5.41, 5.74) is 1.16. The van der Waals surface area contributed by atoms with Crippen LogP contribution in [-0.2, 0) is 14.8 Å². The first-order chi connectivity index (χ1) is 14.9. The Morgan fingerprint density at radius 3 is 2.29 bits per heavy atom. The van der Waals surface area contributed by atoms with E-state index in [9.17, 15) is 18.0 Å². The monoisotopic (exact) mass is 443 g/mol. The van der Waals surface area contributed by atoms with Crippen LogP contribution >= 0.6 is 0 Å². The molecular weight excluding hydrogens is 414 g/mol. The molecule has 0 aromatic heterocycles. The van der Waals surface area contributed by atoms with Crippen molar-refractivity contribution >= 4 is 27.5 Å². The third-order valence-corrected chi connectivity index (χ3v) is 7.63. The number of likely N-dealkylation sites (tertiary alicyclic amines) is 1. The molecule has 1 N–H and O–H groups in total. The average Bonchev–Trinajstić information content (AvgIpc) is 2.80. The summed E-state index contributed by atoms with van der Waals surface area (Å²) in [5.74, 6) is -0.561. The maximum atomic E-state index is 13.0. The molecule has 1 atom stereocenters. The van der Waals surface area contributed by atoms with E-state index < -0.39 is 10.0 Å². The lowest BCUT2D eigenvalue weighted by Crippen LogP contribution is -2.43. The van der Waals surface area contributed by atoms with Gasteiger partial charge in [0.15, 0.2) is 0 Å². The molecule has 166 valence electrons. The number of carbonyl (C=O) groups excluding carboxylic acids is 2. The van der Waals surface area contributed by atoms with Crippen LogP contribution in [0, 0.1) is 5.92 Å². The Labute approximate surface area is 184 Å². The first kappa shape index (κ1) is 23.0. The summed E-state index contributed by atoms with van der Waals surface area (Å²) in [4.78, 5) is 27.4. The van der Waals surface area contributed by atoms with Crippen LogP contribution in [0.4, 0.5) is 5.69 Å². The van der Waals surface area contributed by atoms with E-state index in [1.807, 2.05) is 30.3 Å². The fraction of sp³-hybridized carbons (Fsp3) is 0.391. The summed E-state index contributed by atoms with van der Waals surface area (Å²) >= 11 is 0. The summed E-state index contributed by atoms with van der Waals surface area (Å²) < 4.78 is 26.6. The summed E-state index contributed by atoms with van der Waals surface area (Å²) in [6.45, 7) is 5.28. The number of amides is 2. The maximum absolute atomic E-state index is 13.0. The number of piperidine rings is 1. The van der Waals surface area contributed by atoms with Crippen molar-refractivity contribution < 1.29 is 18.0 Å². The van der Waals surface area contributed by atoms with E-state index in [-0.39, 0.29) is 22.6 Å². The molecule has 0 radical (unpaired) electrons. The highest BCUT2D eigenvalue weighted by Gasteiger charge is 2.29. The first-order valence-electron chi connectivity index (χ1n) is 10.6. The van der Waals surface area contributed by atoms with Gasteiger partial charge >= 0.3 is 0 Å². The quantitative estimate of drug-likeness (QED) is 0.712. The second-order valence-electron chi connectivity index (χ2n) is 7.56. The Morgan fingerprint density at radius 2 is 1.68 bits per heavy atom. The normalized spacial score (nSPS) is 16.9. The van der Waals surface area contributed by atoms with E-state index in [0.29, 0.717) is 31.7 Å². The minimum Gasteiger partial charge on any atom is -0.338 e. The number of hydrogen-bond donors (Lipinski definition) is 1. The predicted octanol–water partition coefficient (Wildman–Crippen LogP) is 3.21. The van der Waals surface area contributed by atoms with Crippen LogP contribution in [-0.4, -0.2) is 55.6 Å². The summed E-state index contributed by atoms with van der Waals surface area (Å²) in [6, 6.07) is 15.3. The Bertz CT molecular complexity index is 1000. The summed E-state index contributed by atoms with van der Waals surface area (Å²) in [6.07, 6.45) is 1.47. The number of sulfonamides is 1. The number of carbonyl (C=O) groups is 2. The van der Waals surface area contributed by atoms with Gasteiger partial charge in [-0.1, -0.05) is 32.0 Å². The zero-order valence-electron chi connectivity index (χ0n) is 18.0. The Morgan fingerprint density at radius 1 is 1.03 bits per heavy atom. The molecule has 7 nitrogen and oxygen atoms in total. The number of nitrogens with one attached hydrogen (secondary N) is 1. The van der Waals surface area contributed by atoms with E-state index >= 15 is 0 Å². The molecule has 0 aliphatic carbocycles. The first-order valence-corrected chi connectivity index (χ1v) is 12.1. The molecule has 2 aromatic carbocycles. The van der Waals surface area contributed by atoms with Crippen molar-refractivity contribution in [1.82, 2.24) is 9.21 Å². The van der Waals surface area contributed by atoms with E-state index in [2.05, 4.69) is 5.32 Å². The van der Waals surface area contributed by atoms with Crippen LogP contribution in [0.25, 0.3) is 0 Å². The number of rotatable bonds is 7. The maximum Gasteiger partial charge on any atom is 0.253 e. The largest absolute Gasteiger partial charge is 0.338 e. The molecule has 1 unspecified atom stereocenters. The molecule has 3 rings (SSSR count). The Hall–Kier alpha value is -2.71. The lowest BCUT2D eigenvalue weighted by atomic mass is 9.96. The van der Waals surface area contributed by atoms with Crippen molar-refractivity contribution in [2.75, 3.05) is 31.5 Å². The molecule has 0 spiro atoms. The second kappa shape index (κ2) is 10.1. The van der Waals surface area contributed by atoms with Crippen molar-refractivity contribution in [2.45, 2.75) is 31.6 Å². The molecule has 2 aromatic rings. The van der Waals surface area contributed by atoms with Gasteiger partial charge < -0.3 is 10.2 Å². The third kappa shape index (κ3) is 5.32. The van der Waals surface area contributed by atoms with Crippen LogP contribution in [0.1, 0.15) is 37.0 Å². The summed E-state index contributed by atoms with van der Waals surface area (Å²) in [5, 5.41) is 2.91. The smallest absolute Gasteiger partial charge is 0.253 e. The number of nitrogens with zero attached hydrogens (tertiary/aromatic N) is 2. The van der Waals surface area contributed by atoms with E-state index in [4.69, 9.17) is 0 Å². The molecule has 1 fully saturated rings. The fourth-order valence-corrected chi connectivity index (χ4v) is 5.26. The van der Waals surface area contributed by atoms with Crippen LogP contribution in [0.2, 0.25) is 0 Å². The van der Waals surface area contributed by atoms with Gasteiger partial charge in [-0.25, -0.2) is 8.42 Å². The van der Waals surface area contributed by atoms with Crippen molar-refractivity contribution in [1.29, 1.82) is 0 Å². The van der Waals surface area contributed by atoms with Crippen molar-refractivity contribution in [3.8, 4) is 0 Å². The minimum atomic E-state index is -3.56. The Kier molecular flexibility index (Phi) is 7.46. The van der Waals surface area contributed by atoms with Gasteiger partial charge in [-0.2, -0.15) is 4.31 Å². The highest BCUT2D eigenvalue weighted by Crippen LogP contribution is 2.22. The van der Waals surface area contributed by atoms with Gasteiger partial charge in [0.05, 0.1) is 10.8 Å². The predicted molar refractivity (Wildman–Crippen MR) is 120 cm³/mol. The average molecular weight is 444 g/mol. The molecule has 0 bridgehead atoms. The molecule has 8 heteroatoms. The van der Waals surface area contributed by atoms with Gasteiger partial charge in [-0.15, -0.1) is 0 Å². The fourth-order valence-electron chi connectivity index (χ4n) is 3.81. The van der Waals surface area contributed by atoms with Crippen LogP contribution in [0.15, 0.2) is 59.5 Å². The van der Waals surface area contributed by atoms with Crippen LogP contribution in [0.5, 0.6) is 0 Å². The highest BCUT2D eigenvalue weighted by molar-refractivity contribution is 7.89. The van der Waals surface area contributed by atoms with Gasteiger partial charge in [0, 0.05) is 37.4 Å². The highest BCUT2D eigenvalue weighted by atomic mass is 32.2. The number of anilines is 1. The SMILES string of the molecule is CCN(CC)S(=O)(=O)c1ccc(C(=O)N2CCCC(C(=O)Nc3ccccc3)C2)cc1. The molecule has 2 amide bonds. The standard InChI is InChI=1S/C23H29N3O4S/c1-3-26(4-2)31(29,30)21-14-12-18(13-15-21)23(28)25-16-8-9-19(17-25)22(27)24-20-10-6-5-7-11-20/h5-7,10-15,19H,3-4,8-9,16-17H2,1-2H3,(H,24,27). The van der Waals surface area contributed by atoms with Crippen LogP contribution < -0.4 is 5.32 Å². The van der Waals surface area contributed by atoms with Gasteiger partial charge in [0.2, 0.25) is 15.9 Å². The van der Waals surface area contributed by atoms with Gasteiger partial charge in [-0.05, 0) is 49.2 Å². The minimum absolute atomic E-state index is 0.0932. The lowest BCUT2D eigenvalue weighted by molar-refractivity contribution is -0.121. The molecule has 0 saturated carbocycles. The topological polar surface area (TPSA) is 86.8 Å². The Balaban J connectivity index is 1.67. The number of para-hydroxylation sites is 1. The molecule has 1 saturated heterocycles. The van der Waals surface area contributed by atoms with Crippen molar-refractivity contribution in [2.24, 2.45) is 5.92 Å². The molecular formula is C23H29N3O4S. The van der Waals surface area contributed by atoms with Crippen molar-refractivity contribution in [3.05, 3.63) is 60.2 Å². The number of hydrogen-bond acceptors (Lipinski definition) is 4. The summed E-state index contributed by atoms with van der Waals surface area (Å²) in [7, 11) is -3.56. The number of benzene rings is 2. The molecule has 31 heavy (non-hydrogen) atoms. The lowest BCUT2D eigenvalue weighted by Gasteiger charge is -2.32. The van der Waals surface area contributed by atoms with Crippen LogP contribution in [0.3, 0.4) is 0 Å². The molecule has 1 aliphatic rings. The van der Waals surface area contributed by atoms with Crippen molar-refractivity contribution in [3.63, 3.8) is 0 Å². The molecule has 1 heterocycles. The second-order valence-corrected chi connectivity index (χ2v) is 9.50. The van der Waals surface area contributed by atoms with E-state index in [0.717, 1.165) is 18.5 Å². The molecule has 1 aliphatic heterocycles.